The van der Waals surface area contributed by atoms with Gasteiger partial charge in [0, 0.05) is 56.1 Å². The monoisotopic (exact) mass is 536 g/mol. The highest BCUT2D eigenvalue weighted by atomic mass is 16.6. The van der Waals surface area contributed by atoms with E-state index in [9.17, 15) is 30.3 Å². The number of para-hydroxylation sites is 1. The number of non-ortho nitro benzene ring substituents is 3. The molecule has 0 saturated carbocycles. The lowest BCUT2D eigenvalue weighted by molar-refractivity contribution is -0.385. The molecule has 0 amide bonds. The van der Waals surface area contributed by atoms with Crippen LogP contribution in [-0.4, -0.2) is 35.1 Å². The number of quaternary nitrogens is 1. The number of benzene rings is 4. The molecule has 11 heteroatoms. The summed E-state index contributed by atoms with van der Waals surface area (Å²) < 4.78 is 0.287. The van der Waals surface area contributed by atoms with E-state index < -0.39 is 21.1 Å². The Balaban J connectivity index is 1.95. The highest BCUT2D eigenvalue weighted by Crippen LogP contribution is 2.48. The topological polar surface area (TPSA) is 129 Å². The van der Waals surface area contributed by atoms with Crippen LogP contribution in [0, 0.1) is 30.3 Å². The third-order valence-electron chi connectivity index (χ3n) is 8.28. The first-order valence-electron chi connectivity index (χ1n) is 12.5. The molecule has 0 atom stereocenters. The molecule has 0 bridgehead atoms. The van der Waals surface area contributed by atoms with Crippen molar-refractivity contribution in [2.75, 3.05) is 14.1 Å². The van der Waals surface area contributed by atoms with Crippen LogP contribution in [0.4, 0.5) is 22.7 Å². The minimum atomic E-state index is -2.07. The van der Waals surface area contributed by atoms with Crippen LogP contribution in [0.5, 0.6) is 0 Å². The van der Waals surface area contributed by atoms with Gasteiger partial charge in [0.25, 0.3) is 23.3 Å². The van der Waals surface area contributed by atoms with Crippen LogP contribution in [0.1, 0.15) is 18.1 Å². The maximum Gasteiger partial charge on any atom is 0.296 e. The van der Waals surface area contributed by atoms with Gasteiger partial charge in [0.1, 0.15) is 0 Å². The molecule has 0 spiro atoms. The average molecular weight is 536 g/mol. The van der Waals surface area contributed by atoms with Gasteiger partial charge in [0.15, 0.2) is 0 Å². The summed E-state index contributed by atoms with van der Waals surface area (Å²) in [5.74, 6) is 0. The molecule has 0 aromatic heterocycles. The Bertz CT molecular complexity index is 1640. The third kappa shape index (κ3) is 3.86. The predicted molar refractivity (Wildman–Crippen MR) is 157 cm³/mol. The molecule has 1 aliphatic rings. The van der Waals surface area contributed by atoms with Gasteiger partial charge < -0.3 is 4.39 Å². The standard InChI is InChI=1S/C29H25BN4O6/c1-20-27-6-4-5-7-28(27)34(2,3)30(22-10-16-25(17-11-22)32(37)38,23-12-18-26(19-13-23)33(39)40)29(20)21-8-14-24(15-9-21)31(35)36/h4-19H,1-3H3. The zero-order valence-electron chi connectivity index (χ0n) is 22.1. The summed E-state index contributed by atoms with van der Waals surface area (Å²) >= 11 is 0. The molecule has 1 aliphatic heterocycles. The van der Waals surface area contributed by atoms with E-state index in [4.69, 9.17) is 0 Å². The van der Waals surface area contributed by atoms with E-state index >= 15 is 0 Å². The van der Waals surface area contributed by atoms with Gasteiger partial charge in [-0.15, -0.1) is 16.4 Å². The fourth-order valence-electron chi connectivity index (χ4n) is 6.52. The molecule has 0 N–H and O–H groups in total. The van der Waals surface area contributed by atoms with Crippen LogP contribution >= 0.6 is 0 Å². The molecular formula is C29H25BN4O6. The fourth-order valence-corrected chi connectivity index (χ4v) is 6.52. The smallest absolute Gasteiger partial charge is 0.296 e. The summed E-state index contributed by atoms with van der Waals surface area (Å²) in [6.45, 7) is 2.00. The quantitative estimate of drug-likeness (QED) is 0.189. The van der Waals surface area contributed by atoms with Gasteiger partial charge in [-0.2, -0.15) is 0 Å². The molecule has 0 unspecified atom stereocenters. The lowest BCUT2D eigenvalue weighted by atomic mass is 9.19. The second kappa shape index (κ2) is 9.55. The molecule has 0 aliphatic carbocycles. The van der Waals surface area contributed by atoms with Gasteiger partial charge >= 0.3 is 0 Å². The van der Waals surface area contributed by atoms with E-state index in [0.29, 0.717) is 0 Å². The third-order valence-corrected chi connectivity index (χ3v) is 8.28. The fraction of sp³-hybridized carbons (Fsp3) is 0.103. The SMILES string of the molecule is CC1=C(c2ccc([N+](=O)[O-])cc2)[B-](c2ccc([N+](=O)[O-])cc2)(c2ccc([N+](=O)[O-])cc2)[N+](C)(C)c2ccccc21. The number of nitro benzene ring substituents is 3. The van der Waals surface area contributed by atoms with E-state index in [-0.39, 0.29) is 21.5 Å². The van der Waals surface area contributed by atoms with Crippen LogP contribution in [-0.2, 0) is 0 Å². The maximum absolute atomic E-state index is 11.5. The number of hydrogen-bond acceptors (Lipinski definition) is 6. The summed E-state index contributed by atoms with van der Waals surface area (Å²) in [5.41, 5.74) is 5.99. The lowest BCUT2D eigenvalue weighted by Crippen LogP contribution is -2.80. The average Bonchev–Trinajstić information content (AvgIpc) is 2.95. The molecule has 0 fully saturated rings. The van der Waals surface area contributed by atoms with Crippen LogP contribution < -0.4 is 15.3 Å². The van der Waals surface area contributed by atoms with E-state index in [1.54, 1.807) is 36.4 Å². The zero-order chi connectivity index (χ0) is 28.8. The number of fused-ring (bicyclic) bond motifs is 1. The highest BCUT2D eigenvalue weighted by Gasteiger charge is 2.53. The number of nitrogens with zero attached hydrogens (tertiary/aromatic N) is 4. The predicted octanol–water partition coefficient (Wildman–Crippen LogP) is 5.22. The Kier molecular flexibility index (Phi) is 6.31. The summed E-state index contributed by atoms with van der Waals surface area (Å²) in [5, 5.41) is 34.5. The van der Waals surface area contributed by atoms with E-state index in [0.717, 1.165) is 38.8 Å². The Morgan fingerprint density at radius 1 is 0.600 bits per heavy atom. The van der Waals surface area contributed by atoms with Crippen molar-refractivity contribution in [1.82, 2.24) is 4.39 Å². The minimum Gasteiger partial charge on any atom is -0.474 e. The lowest BCUT2D eigenvalue weighted by Gasteiger charge is -2.61. The van der Waals surface area contributed by atoms with Crippen molar-refractivity contribution in [2.45, 2.75) is 6.92 Å². The summed E-state index contributed by atoms with van der Waals surface area (Å²) in [6, 6.07) is 27.2. The van der Waals surface area contributed by atoms with Gasteiger partial charge in [-0.25, -0.2) is 0 Å². The second-order valence-corrected chi connectivity index (χ2v) is 10.4. The molecule has 10 nitrogen and oxygen atoms in total. The first-order valence-corrected chi connectivity index (χ1v) is 12.5. The van der Waals surface area contributed by atoms with Crippen molar-refractivity contribution in [1.29, 1.82) is 0 Å². The van der Waals surface area contributed by atoms with Crippen molar-refractivity contribution in [3.05, 3.63) is 139 Å². The number of hydrogen-bond donors (Lipinski definition) is 0. The van der Waals surface area contributed by atoms with Gasteiger partial charge in [-0.1, -0.05) is 59.7 Å². The van der Waals surface area contributed by atoms with Crippen LogP contribution in [0.2, 0.25) is 0 Å². The Morgan fingerprint density at radius 2 is 1.00 bits per heavy atom. The largest absolute Gasteiger partial charge is 0.474 e. The van der Waals surface area contributed by atoms with E-state index in [2.05, 4.69) is 14.1 Å². The summed E-state index contributed by atoms with van der Waals surface area (Å²) in [6.07, 6.45) is -2.07. The number of allylic oxidation sites excluding steroid dienone is 1. The molecule has 1 heterocycles. The molecule has 200 valence electrons. The first-order chi connectivity index (χ1) is 19.0. The minimum absolute atomic E-state index is 0.0456. The molecule has 40 heavy (non-hydrogen) atoms. The molecule has 0 saturated heterocycles. The first kappa shape index (κ1) is 26.5. The van der Waals surface area contributed by atoms with Crippen molar-refractivity contribution >= 4 is 51.0 Å². The Hall–Kier alpha value is -5.16. The molecule has 5 rings (SSSR count). The van der Waals surface area contributed by atoms with E-state index in [1.807, 2.05) is 31.2 Å². The van der Waals surface area contributed by atoms with Crippen LogP contribution in [0.3, 0.4) is 0 Å². The van der Waals surface area contributed by atoms with Crippen LogP contribution in [0.15, 0.2) is 97.1 Å². The maximum atomic E-state index is 11.5. The number of rotatable bonds is 6. The highest BCUT2D eigenvalue weighted by molar-refractivity contribution is 7.16. The molecular weight excluding hydrogens is 511 g/mol. The van der Waals surface area contributed by atoms with Gasteiger partial charge in [-0.05, 0) is 19.1 Å². The van der Waals surface area contributed by atoms with Crippen molar-refractivity contribution in [2.24, 2.45) is 0 Å². The van der Waals surface area contributed by atoms with Crippen LogP contribution in [0.25, 0.3) is 11.0 Å². The Morgan fingerprint density at radius 3 is 1.43 bits per heavy atom. The van der Waals surface area contributed by atoms with E-state index in [1.165, 1.54) is 36.4 Å². The molecule has 4 aromatic rings. The van der Waals surface area contributed by atoms with Crippen molar-refractivity contribution < 1.29 is 14.8 Å². The van der Waals surface area contributed by atoms with Crippen molar-refractivity contribution in [3.63, 3.8) is 0 Å². The van der Waals surface area contributed by atoms with Gasteiger partial charge in [0.05, 0.1) is 20.5 Å². The number of nitro groups is 3. The zero-order valence-corrected chi connectivity index (χ0v) is 22.1. The normalized spacial score (nSPS) is 15.3. The molecule has 4 aromatic carbocycles. The Labute approximate surface area is 229 Å². The van der Waals surface area contributed by atoms with Crippen molar-refractivity contribution in [3.8, 4) is 0 Å². The van der Waals surface area contributed by atoms with Gasteiger partial charge in [-0.3, -0.25) is 30.3 Å². The molecule has 0 radical (unpaired) electrons. The summed E-state index contributed by atoms with van der Waals surface area (Å²) in [7, 11) is 4.11. The summed E-state index contributed by atoms with van der Waals surface area (Å²) in [4.78, 5) is 33.2. The van der Waals surface area contributed by atoms with Gasteiger partial charge in [0.2, 0.25) is 0 Å². The second-order valence-electron chi connectivity index (χ2n) is 10.4.